The molecule has 0 radical (unpaired) electrons. The maximum atomic E-state index is 9.54. The van der Waals surface area contributed by atoms with Gasteiger partial charge in [-0.05, 0) is 65.8 Å². The van der Waals surface area contributed by atoms with E-state index in [1.165, 1.54) is 22.3 Å². The Kier molecular flexibility index (Phi) is 4.10. The van der Waals surface area contributed by atoms with Crippen molar-refractivity contribution in [2.45, 2.75) is 33.1 Å². The maximum Gasteiger partial charge on any atom is 0.115 e. The Morgan fingerprint density at radius 3 is 1.47 bits per heavy atom. The zero-order chi connectivity index (χ0) is 13.8. The van der Waals surface area contributed by atoms with Gasteiger partial charge in [0.25, 0.3) is 0 Å². The topological polar surface area (TPSA) is 40.5 Å². The smallest absolute Gasteiger partial charge is 0.115 e. The van der Waals surface area contributed by atoms with Crippen LogP contribution >= 0.6 is 0 Å². The van der Waals surface area contributed by atoms with E-state index in [-0.39, 0.29) is 0 Å². The van der Waals surface area contributed by atoms with E-state index in [2.05, 4.69) is 13.8 Å². The third kappa shape index (κ3) is 3.08. The minimum Gasteiger partial charge on any atom is -0.508 e. The van der Waals surface area contributed by atoms with Crippen LogP contribution in [-0.4, -0.2) is 10.2 Å². The van der Waals surface area contributed by atoms with E-state index in [4.69, 9.17) is 0 Å². The number of hydrogen-bond acceptors (Lipinski definition) is 2. The van der Waals surface area contributed by atoms with Gasteiger partial charge >= 0.3 is 0 Å². The molecule has 100 valence electrons. The van der Waals surface area contributed by atoms with Crippen LogP contribution in [0, 0.1) is 0 Å². The van der Waals surface area contributed by atoms with Crippen LogP contribution in [0.1, 0.15) is 36.1 Å². The van der Waals surface area contributed by atoms with Crippen molar-refractivity contribution in [1.29, 1.82) is 0 Å². The fourth-order valence-corrected chi connectivity index (χ4v) is 2.43. The summed E-state index contributed by atoms with van der Waals surface area (Å²) in [5, 5.41) is 19.1. The zero-order valence-electron chi connectivity index (χ0n) is 11.5. The molecule has 0 saturated carbocycles. The number of rotatable bonds is 4. The summed E-state index contributed by atoms with van der Waals surface area (Å²) in [4.78, 5) is 0. The molecule has 0 saturated heterocycles. The Morgan fingerprint density at radius 1 is 0.684 bits per heavy atom. The van der Waals surface area contributed by atoms with Crippen LogP contribution in [0.2, 0.25) is 0 Å². The second kappa shape index (κ2) is 5.79. The van der Waals surface area contributed by atoms with E-state index >= 15 is 0 Å². The van der Waals surface area contributed by atoms with Crippen molar-refractivity contribution in [2.24, 2.45) is 0 Å². The fourth-order valence-electron chi connectivity index (χ4n) is 2.43. The normalized spacial score (nSPS) is 10.6. The first-order valence-corrected chi connectivity index (χ1v) is 6.75. The van der Waals surface area contributed by atoms with Gasteiger partial charge in [0.15, 0.2) is 0 Å². The van der Waals surface area contributed by atoms with Crippen LogP contribution < -0.4 is 0 Å². The largest absolute Gasteiger partial charge is 0.508 e. The summed E-state index contributed by atoms with van der Waals surface area (Å²) >= 11 is 0. The summed E-state index contributed by atoms with van der Waals surface area (Å²) in [6.45, 7) is 4.19. The van der Waals surface area contributed by atoms with Gasteiger partial charge in [0.05, 0.1) is 0 Å². The molecule has 0 heterocycles. The van der Waals surface area contributed by atoms with E-state index < -0.39 is 0 Å². The molecule has 0 aromatic heterocycles. The van der Waals surface area contributed by atoms with Crippen LogP contribution in [0.4, 0.5) is 0 Å². The third-order valence-corrected chi connectivity index (χ3v) is 3.52. The van der Waals surface area contributed by atoms with E-state index in [0.717, 1.165) is 19.3 Å². The average molecular weight is 256 g/mol. The van der Waals surface area contributed by atoms with Crippen molar-refractivity contribution in [3.8, 4) is 11.5 Å². The molecule has 19 heavy (non-hydrogen) atoms. The first-order valence-electron chi connectivity index (χ1n) is 6.75. The number of hydrogen-bond donors (Lipinski definition) is 2. The Labute approximate surface area is 114 Å². The van der Waals surface area contributed by atoms with Crippen LogP contribution in [0.3, 0.4) is 0 Å². The standard InChI is InChI=1S/C17H20O2/c1-3-12-10-16(18)7-5-14(12)9-15-6-8-17(19)11-13(15)4-2/h5-8,10-11,18-19H,3-4,9H2,1-2H3. The van der Waals surface area contributed by atoms with Crippen molar-refractivity contribution < 1.29 is 10.2 Å². The second-order valence-electron chi connectivity index (χ2n) is 4.79. The highest BCUT2D eigenvalue weighted by molar-refractivity contribution is 5.42. The number of benzene rings is 2. The van der Waals surface area contributed by atoms with Gasteiger partial charge in [-0.1, -0.05) is 26.0 Å². The van der Waals surface area contributed by atoms with Crippen LogP contribution in [0.15, 0.2) is 36.4 Å². The van der Waals surface area contributed by atoms with E-state index in [1.807, 2.05) is 24.3 Å². The minimum absolute atomic E-state index is 0.321. The van der Waals surface area contributed by atoms with E-state index in [1.54, 1.807) is 12.1 Å². The van der Waals surface area contributed by atoms with Crippen molar-refractivity contribution in [1.82, 2.24) is 0 Å². The quantitative estimate of drug-likeness (QED) is 0.873. The van der Waals surface area contributed by atoms with Crippen LogP contribution in [0.25, 0.3) is 0 Å². The third-order valence-electron chi connectivity index (χ3n) is 3.52. The van der Waals surface area contributed by atoms with Gasteiger partial charge in [0.1, 0.15) is 11.5 Å². The Bertz CT molecular complexity index is 522. The minimum atomic E-state index is 0.321. The molecule has 0 aliphatic carbocycles. The molecule has 0 spiro atoms. The van der Waals surface area contributed by atoms with E-state index in [0.29, 0.717) is 11.5 Å². The van der Waals surface area contributed by atoms with Crippen LogP contribution in [0.5, 0.6) is 11.5 Å². The molecule has 2 nitrogen and oxygen atoms in total. The summed E-state index contributed by atoms with van der Waals surface area (Å²) in [6, 6.07) is 11.1. The highest BCUT2D eigenvalue weighted by Crippen LogP contribution is 2.24. The molecule has 2 heteroatoms. The lowest BCUT2D eigenvalue weighted by Gasteiger charge is -2.12. The van der Waals surface area contributed by atoms with Gasteiger partial charge in [-0.2, -0.15) is 0 Å². The van der Waals surface area contributed by atoms with Crippen molar-refractivity contribution in [3.63, 3.8) is 0 Å². The highest BCUT2D eigenvalue weighted by atomic mass is 16.3. The maximum absolute atomic E-state index is 9.54. The van der Waals surface area contributed by atoms with Gasteiger partial charge in [0, 0.05) is 0 Å². The first kappa shape index (κ1) is 13.5. The zero-order valence-corrected chi connectivity index (χ0v) is 11.5. The molecule has 2 N–H and O–H groups in total. The Balaban J connectivity index is 2.36. The molecule has 2 aromatic carbocycles. The second-order valence-corrected chi connectivity index (χ2v) is 4.79. The predicted molar refractivity (Wildman–Crippen MR) is 77.8 cm³/mol. The molecule has 0 aliphatic heterocycles. The summed E-state index contributed by atoms with van der Waals surface area (Å²) in [5.74, 6) is 0.643. The number of phenols is 2. The van der Waals surface area contributed by atoms with Crippen molar-refractivity contribution >= 4 is 0 Å². The van der Waals surface area contributed by atoms with Gasteiger partial charge in [-0.15, -0.1) is 0 Å². The van der Waals surface area contributed by atoms with Gasteiger partial charge in [-0.3, -0.25) is 0 Å². The number of aromatic hydroxyl groups is 2. The van der Waals surface area contributed by atoms with Gasteiger partial charge < -0.3 is 10.2 Å². The molecule has 0 atom stereocenters. The molecular weight excluding hydrogens is 236 g/mol. The lowest BCUT2D eigenvalue weighted by molar-refractivity contribution is 0.474. The van der Waals surface area contributed by atoms with Gasteiger partial charge in [0.2, 0.25) is 0 Å². The molecule has 0 unspecified atom stereocenters. The molecule has 0 bridgehead atoms. The molecular formula is C17H20O2. The summed E-state index contributed by atoms with van der Waals surface area (Å²) in [6.07, 6.45) is 2.65. The summed E-state index contributed by atoms with van der Waals surface area (Å²) < 4.78 is 0. The molecule has 2 rings (SSSR count). The average Bonchev–Trinajstić information content (AvgIpc) is 2.42. The Hall–Kier alpha value is -1.96. The number of phenolic OH excluding ortho intramolecular Hbond substituents is 2. The summed E-state index contributed by atoms with van der Waals surface area (Å²) in [5.41, 5.74) is 4.83. The highest BCUT2D eigenvalue weighted by Gasteiger charge is 2.07. The van der Waals surface area contributed by atoms with Crippen LogP contribution in [-0.2, 0) is 19.3 Å². The Morgan fingerprint density at radius 2 is 1.11 bits per heavy atom. The first-order chi connectivity index (χ1) is 9.13. The molecule has 0 amide bonds. The number of aryl methyl sites for hydroxylation is 2. The summed E-state index contributed by atoms with van der Waals surface area (Å²) in [7, 11) is 0. The fraction of sp³-hybridized carbons (Fsp3) is 0.294. The van der Waals surface area contributed by atoms with E-state index in [9.17, 15) is 10.2 Å². The predicted octanol–water partition coefficient (Wildman–Crippen LogP) is 3.81. The van der Waals surface area contributed by atoms with Gasteiger partial charge in [-0.25, -0.2) is 0 Å². The van der Waals surface area contributed by atoms with Crippen molar-refractivity contribution in [2.75, 3.05) is 0 Å². The molecule has 0 aliphatic rings. The SMILES string of the molecule is CCc1cc(O)ccc1Cc1ccc(O)cc1CC. The molecule has 2 aromatic rings. The van der Waals surface area contributed by atoms with Crippen molar-refractivity contribution in [3.05, 3.63) is 58.7 Å². The lowest BCUT2D eigenvalue weighted by Crippen LogP contribution is -1.98. The monoisotopic (exact) mass is 256 g/mol. The molecule has 0 fully saturated rings. The lowest BCUT2D eigenvalue weighted by atomic mass is 9.94.